The fraction of sp³-hybridized carbons (Fsp3) is 0.429. The number of hydrogen-bond donors (Lipinski definition) is 2. The second-order valence-electron chi connectivity index (χ2n) is 2.62. The van der Waals surface area contributed by atoms with Gasteiger partial charge in [0.15, 0.2) is 5.60 Å². The lowest BCUT2D eigenvalue weighted by molar-refractivity contribution is -0.241. The van der Waals surface area contributed by atoms with Crippen LogP contribution in [0.5, 0.6) is 0 Å². The maximum Gasteiger partial charge on any atom is 0.421 e. The van der Waals surface area contributed by atoms with Crippen LogP contribution in [0.1, 0.15) is 6.42 Å². The zero-order chi connectivity index (χ0) is 9.41. The molecule has 0 aromatic rings. The zero-order valence-corrected chi connectivity index (χ0v) is 5.97. The number of hydrogen-bond acceptors (Lipinski definition) is 2. The Bertz CT molecular complexity index is 242. The molecule has 1 aliphatic rings. The summed E-state index contributed by atoms with van der Waals surface area (Å²) in [6, 6.07) is 0. The Morgan fingerprint density at radius 3 is 2.33 bits per heavy atom. The number of allylic oxidation sites excluding steroid dienone is 2. The Morgan fingerprint density at radius 2 is 2.00 bits per heavy atom. The Hall–Kier alpha value is -0.970. The van der Waals surface area contributed by atoms with Gasteiger partial charge >= 0.3 is 6.18 Å². The molecule has 5 heteroatoms. The third kappa shape index (κ3) is 1.45. The van der Waals surface area contributed by atoms with Gasteiger partial charge in [-0.1, -0.05) is 6.08 Å². The first-order valence-corrected chi connectivity index (χ1v) is 3.22. The number of aliphatic hydroxyl groups is 2. The van der Waals surface area contributed by atoms with Gasteiger partial charge in [-0.15, -0.1) is 0 Å². The molecule has 0 fully saturated rings. The van der Waals surface area contributed by atoms with Crippen molar-refractivity contribution in [3.63, 3.8) is 0 Å². The molecule has 0 aromatic heterocycles. The molecule has 0 saturated carbocycles. The summed E-state index contributed by atoms with van der Waals surface area (Å²) in [5.41, 5.74) is -2.91. The van der Waals surface area contributed by atoms with Gasteiger partial charge in [0, 0.05) is 6.42 Å². The van der Waals surface area contributed by atoms with Crippen molar-refractivity contribution in [2.24, 2.45) is 0 Å². The lowest BCUT2D eigenvalue weighted by atomic mass is 9.94. The molecule has 0 aromatic carbocycles. The normalized spacial score (nSPS) is 30.2. The summed E-state index contributed by atoms with van der Waals surface area (Å²) in [6.45, 7) is 0. The van der Waals surface area contributed by atoms with Gasteiger partial charge < -0.3 is 10.2 Å². The summed E-state index contributed by atoms with van der Waals surface area (Å²) >= 11 is 0. The van der Waals surface area contributed by atoms with Crippen molar-refractivity contribution in [2.45, 2.75) is 18.2 Å². The summed E-state index contributed by atoms with van der Waals surface area (Å²) in [6.07, 6.45) is -2.85. The van der Waals surface area contributed by atoms with Crippen LogP contribution in [0.3, 0.4) is 0 Å². The number of alkyl halides is 3. The minimum Gasteiger partial charge on any atom is -0.512 e. The molecule has 0 radical (unpaired) electrons. The van der Waals surface area contributed by atoms with E-state index in [1.165, 1.54) is 0 Å². The average molecular weight is 180 g/mol. The molecule has 0 amide bonds. The fourth-order valence-electron chi connectivity index (χ4n) is 0.907. The van der Waals surface area contributed by atoms with Crippen LogP contribution in [-0.2, 0) is 0 Å². The highest BCUT2D eigenvalue weighted by atomic mass is 19.4. The highest BCUT2D eigenvalue weighted by molar-refractivity contribution is 5.23. The van der Waals surface area contributed by atoms with Crippen LogP contribution in [0.15, 0.2) is 24.0 Å². The van der Waals surface area contributed by atoms with Crippen molar-refractivity contribution in [3.8, 4) is 0 Å². The molecule has 1 aliphatic carbocycles. The van der Waals surface area contributed by atoms with E-state index in [-0.39, 0.29) is 0 Å². The molecular weight excluding hydrogens is 173 g/mol. The van der Waals surface area contributed by atoms with Crippen LogP contribution < -0.4 is 0 Å². The van der Waals surface area contributed by atoms with Crippen molar-refractivity contribution in [3.05, 3.63) is 24.0 Å². The predicted octanol–water partition coefficient (Wildman–Crippen LogP) is 1.68. The van der Waals surface area contributed by atoms with E-state index < -0.39 is 24.0 Å². The lowest BCUT2D eigenvalue weighted by Gasteiger charge is -2.28. The third-order valence-corrected chi connectivity index (χ3v) is 1.60. The van der Waals surface area contributed by atoms with Crippen molar-refractivity contribution in [1.82, 2.24) is 0 Å². The molecule has 0 bridgehead atoms. The first kappa shape index (κ1) is 9.12. The Morgan fingerprint density at radius 1 is 1.42 bits per heavy atom. The average Bonchev–Trinajstić information content (AvgIpc) is 1.83. The van der Waals surface area contributed by atoms with E-state index in [2.05, 4.69) is 0 Å². The first-order chi connectivity index (χ1) is 5.35. The van der Waals surface area contributed by atoms with Gasteiger partial charge in [0.2, 0.25) is 0 Å². The molecular formula is C7H7F3O2. The Labute approximate surface area is 66.6 Å². The molecule has 2 N–H and O–H groups in total. The quantitative estimate of drug-likeness (QED) is 0.595. The summed E-state index contributed by atoms with van der Waals surface area (Å²) < 4.78 is 36.2. The van der Waals surface area contributed by atoms with Crippen molar-refractivity contribution in [1.29, 1.82) is 0 Å². The zero-order valence-electron chi connectivity index (χ0n) is 5.97. The topological polar surface area (TPSA) is 40.5 Å². The SMILES string of the molecule is OC1=CC=CC(O)(C(F)(F)F)C1. The van der Waals surface area contributed by atoms with Gasteiger partial charge in [0.05, 0.1) is 5.76 Å². The first-order valence-electron chi connectivity index (χ1n) is 3.22. The molecule has 0 aliphatic heterocycles. The van der Waals surface area contributed by atoms with E-state index in [0.717, 1.165) is 12.2 Å². The summed E-state index contributed by atoms with van der Waals surface area (Å²) in [7, 11) is 0. The van der Waals surface area contributed by atoms with Gasteiger partial charge in [0.25, 0.3) is 0 Å². The molecule has 1 atom stereocenters. The molecule has 2 nitrogen and oxygen atoms in total. The van der Waals surface area contributed by atoms with Crippen molar-refractivity contribution >= 4 is 0 Å². The van der Waals surface area contributed by atoms with E-state index in [4.69, 9.17) is 10.2 Å². The minimum atomic E-state index is -4.74. The maximum absolute atomic E-state index is 12.1. The van der Waals surface area contributed by atoms with Crippen molar-refractivity contribution in [2.75, 3.05) is 0 Å². The maximum atomic E-state index is 12.1. The highest BCUT2D eigenvalue weighted by Crippen LogP contribution is 2.37. The number of rotatable bonds is 0. The monoisotopic (exact) mass is 180 g/mol. The van der Waals surface area contributed by atoms with Crippen molar-refractivity contribution < 1.29 is 23.4 Å². The lowest BCUT2D eigenvalue weighted by Crippen LogP contribution is -2.44. The molecule has 0 heterocycles. The second kappa shape index (κ2) is 2.52. The van der Waals surface area contributed by atoms with E-state index in [1.54, 1.807) is 0 Å². The van der Waals surface area contributed by atoms with Crippen LogP contribution in [0.25, 0.3) is 0 Å². The smallest absolute Gasteiger partial charge is 0.421 e. The summed E-state index contributed by atoms with van der Waals surface area (Å²) in [5.74, 6) is -0.475. The molecule has 0 spiro atoms. The van der Waals surface area contributed by atoms with E-state index in [1.807, 2.05) is 0 Å². The number of halogens is 3. The molecule has 1 rings (SSSR count). The van der Waals surface area contributed by atoms with Gasteiger partial charge in [0.1, 0.15) is 0 Å². The molecule has 12 heavy (non-hydrogen) atoms. The van der Waals surface area contributed by atoms with E-state index in [0.29, 0.717) is 6.08 Å². The van der Waals surface area contributed by atoms with E-state index in [9.17, 15) is 13.2 Å². The number of aliphatic hydroxyl groups excluding tert-OH is 1. The summed E-state index contributed by atoms with van der Waals surface area (Å²) in [5, 5.41) is 17.7. The van der Waals surface area contributed by atoms with Gasteiger partial charge in [-0.2, -0.15) is 13.2 Å². The largest absolute Gasteiger partial charge is 0.512 e. The predicted molar refractivity (Wildman–Crippen MR) is 35.5 cm³/mol. The second-order valence-corrected chi connectivity index (χ2v) is 2.62. The van der Waals surface area contributed by atoms with Crippen LogP contribution in [-0.4, -0.2) is 22.0 Å². The fourth-order valence-corrected chi connectivity index (χ4v) is 0.907. The molecule has 68 valence electrons. The van der Waals surface area contributed by atoms with Crippen LogP contribution in [0, 0.1) is 0 Å². The van der Waals surface area contributed by atoms with Crippen LogP contribution in [0.4, 0.5) is 13.2 Å². The Balaban J connectivity index is 2.90. The molecule has 0 saturated heterocycles. The van der Waals surface area contributed by atoms with Gasteiger partial charge in [-0.05, 0) is 12.2 Å². The van der Waals surface area contributed by atoms with E-state index >= 15 is 0 Å². The van der Waals surface area contributed by atoms with Gasteiger partial charge in [-0.3, -0.25) is 0 Å². The van der Waals surface area contributed by atoms with Gasteiger partial charge in [-0.25, -0.2) is 0 Å². The third-order valence-electron chi connectivity index (χ3n) is 1.60. The van der Waals surface area contributed by atoms with Crippen LogP contribution in [0.2, 0.25) is 0 Å². The standard InChI is InChI=1S/C7H7F3O2/c8-7(9,10)6(12)3-1-2-5(11)4-6/h1-3,11-12H,4H2. The summed E-state index contributed by atoms with van der Waals surface area (Å²) in [4.78, 5) is 0. The minimum absolute atomic E-state index is 0.475. The van der Waals surface area contributed by atoms with Crippen LogP contribution >= 0.6 is 0 Å². The Kier molecular flexibility index (Phi) is 1.91. The highest BCUT2D eigenvalue weighted by Gasteiger charge is 2.52. The molecule has 1 unspecified atom stereocenters.